The second-order valence-electron chi connectivity index (χ2n) is 6.06. The molecule has 0 bridgehead atoms. The van der Waals surface area contributed by atoms with Crippen LogP contribution in [0.1, 0.15) is 32.1 Å². The maximum absolute atomic E-state index is 6.18. The SMILES string of the molecule is C=C(Cl)/C=N\c1[nH]cc(-c2cccc(NC3CCCCC3)n2)c1N. The van der Waals surface area contributed by atoms with Gasteiger partial charge in [-0.2, -0.15) is 0 Å². The van der Waals surface area contributed by atoms with Crippen molar-refractivity contribution in [3.05, 3.63) is 36.0 Å². The van der Waals surface area contributed by atoms with E-state index < -0.39 is 0 Å². The first-order valence-corrected chi connectivity index (χ1v) is 8.60. The zero-order chi connectivity index (χ0) is 16.9. The quantitative estimate of drug-likeness (QED) is 0.678. The molecule has 0 radical (unpaired) electrons. The molecule has 4 N–H and O–H groups in total. The highest BCUT2D eigenvalue weighted by Gasteiger charge is 2.15. The lowest BCUT2D eigenvalue weighted by Gasteiger charge is -2.23. The molecule has 0 atom stereocenters. The number of nitrogens with one attached hydrogen (secondary N) is 2. The van der Waals surface area contributed by atoms with Gasteiger partial charge in [-0.05, 0) is 25.0 Å². The van der Waals surface area contributed by atoms with E-state index in [1.807, 2.05) is 24.4 Å². The third-order valence-corrected chi connectivity index (χ3v) is 4.31. The van der Waals surface area contributed by atoms with E-state index in [2.05, 4.69) is 21.9 Å². The number of allylic oxidation sites excluding steroid dienone is 1. The van der Waals surface area contributed by atoms with Gasteiger partial charge in [0, 0.05) is 24.0 Å². The van der Waals surface area contributed by atoms with Crippen molar-refractivity contribution >= 4 is 35.1 Å². The summed E-state index contributed by atoms with van der Waals surface area (Å²) in [6.45, 7) is 3.57. The van der Waals surface area contributed by atoms with E-state index in [0.717, 1.165) is 17.1 Å². The largest absolute Gasteiger partial charge is 0.395 e. The molecular formula is C18H22ClN5. The number of halogens is 1. The fourth-order valence-electron chi connectivity index (χ4n) is 3.00. The van der Waals surface area contributed by atoms with Crippen LogP contribution in [0.25, 0.3) is 11.3 Å². The van der Waals surface area contributed by atoms with Crippen molar-refractivity contribution in [1.82, 2.24) is 9.97 Å². The molecule has 2 aromatic rings. The highest BCUT2D eigenvalue weighted by atomic mass is 35.5. The van der Waals surface area contributed by atoms with Crippen molar-refractivity contribution in [2.75, 3.05) is 11.1 Å². The fourth-order valence-corrected chi connectivity index (χ4v) is 3.05. The van der Waals surface area contributed by atoms with Gasteiger partial charge in [-0.25, -0.2) is 9.98 Å². The number of anilines is 2. The number of hydrogen-bond donors (Lipinski definition) is 3. The molecule has 3 rings (SSSR count). The van der Waals surface area contributed by atoms with E-state index in [9.17, 15) is 0 Å². The van der Waals surface area contributed by atoms with Gasteiger partial charge in [0.25, 0.3) is 0 Å². The Hall–Kier alpha value is -2.27. The van der Waals surface area contributed by atoms with Crippen LogP contribution in [0.15, 0.2) is 41.0 Å². The number of H-pyrrole nitrogens is 1. The van der Waals surface area contributed by atoms with Crippen molar-refractivity contribution < 1.29 is 0 Å². The molecular weight excluding hydrogens is 322 g/mol. The first-order valence-electron chi connectivity index (χ1n) is 8.23. The van der Waals surface area contributed by atoms with Gasteiger partial charge in [-0.15, -0.1) is 0 Å². The van der Waals surface area contributed by atoms with E-state index in [1.165, 1.54) is 38.3 Å². The van der Waals surface area contributed by atoms with Gasteiger partial charge in [-0.3, -0.25) is 0 Å². The van der Waals surface area contributed by atoms with Gasteiger partial charge in [-0.1, -0.05) is 43.5 Å². The molecule has 1 fully saturated rings. The number of nitrogens with two attached hydrogens (primary N) is 1. The Bertz CT molecular complexity index is 744. The summed E-state index contributed by atoms with van der Waals surface area (Å²) < 4.78 is 0. The Labute approximate surface area is 147 Å². The van der Waals surface area contributed by atoms with Gasteiger partial charge in [0.1, 0.15) is 5.82 Å². The van der Waals surface area contributed by atoms with Crippen molar-refractivity contribution in [3.63, 3.8) is 0 Å². The Morgan fingerprint density at radius 1 is 1.38 bits per heavy atom. The summed E-state index contributed by atoms with van der Waals surface area (Å²) in [5.74, 6) is 1.44. The van der Waals surface area contributed by atoms with Gasteiger partial charge < -0.3 is 16.0 Å². The summed E-state index contributed by atoms with van der Waals surface area (Å²) in [7, 11) is 0. The summed E-state index contributed by atoms with van der Waals surface area (Å²) in [6, 6.07) is 6.44. The van der Waals surface area contributed by atoms with Crippen LogP contribution in [-0.2, 0) is 0 Å². The molecule has 0 aliphatic heterocycles. The number of rotatable bonds is 5. The Balaban J connectivity index is 1.79. The molecule has 0 unspecified atom stereocenters. The molecule has 0 aromatic carbocycles. The Kier molecular flexibility index (Phi) is 5.20. The minimum atomic E-state index is 0.349. The van der Waals surface area contributed by atoms with Crippen LogP contribution in [-0.4, -0.2) is 22.2 Å². The smallest absolute Gasteiger partial charge is 0.153 e. The standard InChI is InChI=1S/C18H22ClN5/c1-12(19)10-21-18-17(20)14(11-22-18)15-8-5-9-16(24-15)23-13-6-3-2-4-7-13/h5,8-11,13,22H,1-4,6-7,20H2,(H,23,24)/b21-10-. The van der Waals surface area contributed by atoms with Crippen LogP contribution in [0.5, 0.6) is 0 Å². The molecule has 1 aliphatic rings. The number of hydrogen-bond acceptors (Lipinski definition) is 4. The normalized spacial score (nSPS) is 15.7. The molecule has 6 heteroatoms. The van der Waals surface area contributed by atoms with Crippen LogP contribution >= 0.6 is 11.6 Å². The van der Waals surface area contributed by atoms with Gasteiger partial charge in [0.15, 0.2) is 5.82 Å². The summed E-state index contributed by atoms with van der Waals surface area (Å²) in [5.41, 5.74) is 8.37. The molecule has 1 aliphatic carbocycles. The molecule has 5 nitrogen and oxygen atoms in total. The van der Waals surface area contributed by atoms with E-state index in [0.29, 0.717) is 22.6 Å². The minimum Gasteiger partial charge on any atom is -0.395 e. The Morgan fingerprint density at radius 3 is 2.92 bits per heavy atom. The third-order valence-electron chi connectivity index (χ3n) is 4.21. The molecule has 0 saturated heterocycles. The average molecular weight is 344 g/mol. The molecule has 0 spiro atoms. The van der Waals surface area contributed by atoms with Crippen LogP contribution in [0.3, 0.4) is 0 Å². The Morgan fingerprint density at radius 2 is 2.17 bits per heavy atom. The van der Waals surface area contributed by atoms with Crippen molar-refractivity contribution in [2.24, 2.45) is 4.99 Å². The molecule has 2 heterocycles. The highest BCUT2D eigenvalue weighted by molar-refractivity contribution is 6.39. The van der Waals surface area contributed by atoms with Crippen molar-refractivity contribution in [3.8, 4) is 11.3 Å². The molecule has 0 amide bonds. The van der Waals surface area contributed by atoms with Crippen LogP contribution in [0.2, 0.25) is 0 Å². The second kappa shape index (κ2) is 7.53. The third kappa shape index (κ3) is 3.97. The second-order valence-corrected chi connectivity index (χ2v) is 6.54. The monoisotopic (exact) mass is 343 g/mol. The molecule has 2 aromatic heterocycles. The van der Waals surface area contributed by atoms with Gasteiger partial charge in [0.05, 0.1) is 16.4 Å². The summed E-state index contributed by atoms with van der Waals surface area (Å²) in [6.07, 6.45) is 9.60. The zero-order valence-electron chi connectivity index (χ0n) is 13.6. The zero-order valence-corrected chi connectivity index (χ0v) is 14.3. The number of pyridine rings is 1. The van der Waals surface area contributed by atoms with E-state index in [1.54, 1.807) is 0 Å². The van der Waals surface area contributed by atoms with Crippen LogP contribution in [0, 0.1) is 0 Å². The fraction of sp³-hybridized carbons (Fsp3) is 0.333. The lowest BCUT2D eigenvalue weighted by atomic mass is 9.95. The average Bonchev–Trinajstić information content (AvgIpc) is 2.95. The first kappa shape index (κ1) is 16.6. The molecule has 24 heavy (non-hydrogen) atoms. The maximum Gasteiger partial charge on any atom is 0.153 e. The summed E-state index contributed by atoms with van der Waals surface area (Å²) >= 11 is 5.70. The minimum absolute atomic E-state index is 0.349. The van der Waals surface area contributed by atoms with E-state index in [4.69, 9.17) is 22.3 Å². The molecule has 1 saturated carbocycles. The number of aromatic nitrogens is 2. The highest BCUT2D eigenvalue weighted by Crippen LogP contribution is 2.33. The predicted molar refractivity (Wildman–Crippen MR) is 102 cm³/mol. The van der Waals surface area contributed by atoms with E-state index in [-0.39, 0.29) is 0 Å². The maximum atomic E-state index is 6.18. The predicted octanol–water partition coefficient (Wildman–Crippen LogP) is 4.86. The molecule has 126 valence electrons. The van der Waals surface area contributed by atoms with Gasteiger partial charge >= 0.3 is 0 Å². The number of nitrogen functional groups attached to an aromatic ring is 1. The lowest BCUT2D eigenvalue weighted by Crippen LogP contribution is -2.22. The van der Waals surface area contributed by atoms with Crippen molar-refractivity contribution in [1.29, 1.82) is 0 Å². The van der Waals surface area contributed by atoms with Crippen molar-refractivity contribution in [2.45, 2.75) is 38.1 Å². The first-order chi connectivity index (χ1) is 11.6. The number of aliphatic imine (C=N–C) groups is 1. The summed E-state index contributed by atoms with van der Waals surface area (Å²) in [5, 5.41) is 3.89. The lowest BCUT2D eigenvalue weighted by molar-refractivity contribution is 0.462. The summed E-state index contributed by atoms with van der Waals surface area (Å²) in [4.78, 5) is 11.9. The topological polar surface area (TPSA) is 79.1 Å². The van der Waals surface area contributed by atoms with Crippen LogP contribution < -0.4 is 11.1 Å². The van der Waals surface area contributed by atoms with E-state index >= 15 is 0 Å². The number of nitrogens with zero attached hydrogens (tertiary/aromatic N) is 2. The van der Waals surface area contributed by atoms with Gasteiger partial charge in [0.2, 0.25) is 0 Å². The van der Waals surface area contributed by atoms with Crippen LogP contribution in [0.4, 0.5) is 17.3 Å². The number of aromatic amines is 1.